The van der Waals surface area contributed by atoms with E-state index in [4.69, 9.17) is 5.10 Å². The number of anilines is 1. The molecule has 6 heteroatoms. The van der Waals surface area contributed by atoms with Crippen molar-refractivity contribution in [2.75, 3.05) is 4.90 Å². The molecule has 1 saturated carbocycles. The van der Waals surface area contributed by atoms with Gasteiger partial charge in [0, 0.05) is 17.1 Å². The minimum Gasteiger partial charge on any atom is -0.351 e. The predicted octanol–water partition coefficient (Wildman–Crippen LogP) is 5.06. The van der Waals surface area contributed by atoms with Crippen LogP contribution in [0.5, 0.6) is 0 Å². The molecule has 1 N–H and O–H groups in total. The molecule has 1 aromatic carbocycles. The van der Waals surface area contributed by atoms with Gasteiger partial charge in [0.1, 0.15) is 11.2 Å². The zero-order valence-corrected chi connectivity index (χ0v) is 21.0. The van der Waals surface area contributed by atoms with Crippen molar-refractivity contribution in [3.63, 3.8) is 0 Å². The van der Waals surface area contributed by atoms with Crippen LogP contribution in [-0.2, 0) is 16.8 Å². The Morgan fingerprint density at radius 2 is 1.76 bits per heavy atom. The highest BCUT2D eigenvalue weighted by Crippen LogP contribution is 2.36. The van der Waals surface area contributed by atoms with Gasteiger partial charge in [-0.1, -0.05) is 58.6 Å². The number of benzene rings is 1. The van der Waals surface area contributed by atoms with Crippen molar-refractivity contribution < 1.29 is 9.59 Å². The molecule has 0 spiro atoms. The van der Waals surface area contributed by atoms with Crippen LogP contribution < -0.4 is 10.2 Å². The zero-order valence-electron chi connectivity index (χ0n) is 21.0. The van der Waals surface area contributed by atoms with E-state index in [0.717, 1.165) is 48.2 Å². The van der Waals surface area contributed by atoms with Crippen molar-refractivity contribution in [1.29, 1.82) is 0 Å². The Bertz CT molecular complexity index is 1060. The Morgan fingerprint density at radius 3 is 2.39 bits per heavy atom. The molecular weight excluding hydrogens is 412 g/mol. The maximum absolute atomic E-state index is 14.0. The fraction of sp³-hybridized carbons (Fsp3) is 0.593. The molecule has 33 heavy (non-hydrogen) atoms. The van der Waals surface area contributed by atoms with Gasteiger partial charge in [-0.3, -0.25) is 19.2 Å². The van der Waals surface area contributed by atoms with E-state index in [2.05, 4.69) is 26.1 Å². The van der Waals surface area contributed by atoms with Crippen molar-refractivity contribution in [2.45, 2.75) is 104 Å². The Hall–Kier alpha value is -2.63. The maximum atomic E-state index is 14.0. The first-order chi connectivity index (χ1) is 15.5. The van der Waals surface area contributed by atoms with Gasteiger partial charge >= 0.3 is 0 Å². The summed E-state index contributed by atoms with van der Waals surface area (Å²) in [6.45, 7) is 12.5. The van der Waals surface area contributed by atoms with Gasteiger partial charge in [-0.15, -0.1) is 0 Å². The minimum absolute atomic E-state index is 0.0953. The summed E-state index contributed by atoms with van der Waals surface area (Å²) in [7, 11) is 0. The summed E-state index contributed by atoms with van der Waals surface area (Å²) in [5.74, 6) is -0.265. The van der Waals surface area contributed by atoms with Crippen LogP contribution in [0.2, 0.25) is 0 Å². The highest BCUT2D eigenvalue weighted by Gasteiger charge is 2.50. The Kier molecular flexibility index (Phi) is 6.14. The molecule has 0 bridgehead atoms. The fourth-order valence-corrected chi connectivity index (χ4v) is 5.05. The first-order valence-corrected chi connectivity index (χ1v) is 12.3. The minimum atomic E-state index is -1.07. The second kappa shape index (κ2) is 8.62. The van der Waals surface area contributed by atoms with E-state index in [1.807, 2.05) is 45.0 Å². The number of hydrogen-bond acceptors (Lipinski definition) is 3. The van der Waals surface area contributed by atoms with Crippen molar-refractivity contribution in [1.82, 2.24) is 15.1 Å². The summed E-state index contributed by atoms with van der Waals surface area (Å²) in [5.41, 5.74) is 2.98. The topological polar surface area (TPSA) is 67.2 Å². The zero-order chi connectivity index (χ0) is 24.0. The highest BCUT2D eigenvalue weighted by atomic mass is 16.2. The summed E-state index contributed by atoms with van der Waals surface area (Å²) in [6, 6.07) is 8.13. The lowest BCUT2D eigenvalue weighted by molar-refractivity contribution is -0.127. The maximum Gasteiger partial charge on any atom is 0.277 e. The molecule has 1 aliphatic carbocycles. The SMILES string of the molecule is Cc1ccc(C)c(N2C(=O)c3cc(C(C)(C)C)nn3C[C@]2(C)C(=O)NC2CCCCCC2)c1. The van der Waals surface area contributed by atoms with E-state index in [-0.39, 0.29) is 23.3 Å². The molecule has 2 aliphatic rings. The van der Waals surface area contributed by atoms with Crippen LogP contribution in [0.25, 0.3) is 0 Å². The third-order valence-corrected chi connectivity index (χ3v) is 7.21. The van der Waals surface area contributed by atoms with Crippen molar-refractivity contribution >= 4 is 17.5 Å². The lowest BCUT2D eigenvalue weighted by atomic mass is 9.90. The monoisotopic (exact) mass is 450 g/mol. The predicted molar refractivity (Wildman–Crippen MR) is 132 cm³/mol. The molecule has 0 saturated heterocycles. The van der Waals surface area contributed by atoms with Gasteiger partial charge < -0.3 is 5.32 Å². The Balaban J connectivity index is 1.79. The third-order valence-electron chi connectivity index (χ3n) is 7.21. The van der Waals surface area contributed by atoms with Gasteiger partial charge in [-0.05, 0) is 56.9 Å². The molecule has 1 aliphatic heterocycles. The van der Waals surface area contributed by atoms with E-state index in [1.54, 1.807) is 9.58 Å². The molecule has 6 nitrogen and oxygen atoms in total. The van der Waals surface area contributed by atoms with Gasteiger partial charge in [-0.2, -0.15) is 5.10 Å². The molecule has 1 aromatic heterocycles. The van der Waals surface area contributed by atoms with E-state index >= 15 is 0 Å². The summed E-state index contributed by atoms with van der Waals surface area (Å²) in [5, 5.41) is 8.09. The van der Waals surface area contributed by atoms with Crippen molar-refractivity contribution in [3.8, 4) is 0 Å². The van der Waals surface area contributed by atoms with Crippen molar-refractivity contribution in [2.24, 2.45) is 0 Å². The van der Waals surface area contributed by atoms with Crippen LogP contribution in [0.3, 0.4) is 0 Å². The lowest BCUT2D eigenvalue weighted by Gasteiger charge is -2.44. The van der Waals surface area contributed by atoms with Crippen LogP contribution in [0.15, 0.2) is 24.3 Å². The highest BCUT2D eigenvalue weighted by molar-refractivity contribution is 6.12. The number of amides is 2. The number of aromatic nitrogens is 2. The number of rotatable bonds is 3. The van der Waals surface area contributed by atoms with Crippen LogP contribution in [0.1, 0.15) is 93.5 Å². The number of fused-ring (bicyclic) bond motifs is 1. The Labute approximate surface area is 197 Å². The van der Waals surface area contributed by atoms with E-state index in [0.29, 0.717) is 12.2 Å². The lowest BCUT2D eigenvalue weighted by Crippen LogP contribution is -2.65. The molecule has 178 valence electrons. The van der Waals surface area contributed by atoms with Gasteiger partial charge in [-0.25, -0.2) is 0 Å². The molecule has 2 aromatic rings. The van der Waals surface area contributed by atoms with E-state index in [1.165, 1.54) is 12.8 Å². The van der Waals surface area contributed by atoms with Crippen molar-refractivity contribution in [3.05, 3.63) is 46.8 Å². The number of hydrogen-bond donors (Lipinski definition) is 1. The molecular formula is C27H38N4O2. The molecule has 2 heterocycles. The molecule has 0 radical (unpaired) electrons. The number of carbonyl (C=O) groups excluding carboxylic acids is 2. The van der Waals surface area contributed by atoms with Gasteiger partial charge in [0.15, 0.2) is 0 Å². The van der Waals surface area contributed by atoms with Gasteiger partial charge in [0.05, 0.1) is 12.2 Å². The number of aryl methyl sites for hydroxylation is 2. The second-order valence-corrected chi connectivity index (χ2v) is 11.2. The fourth-order valence-electron chi connectivity index (χ4n) is 5.05. The first kappa shape index (κ1) is 23.5. The molecule has 1 atom stereocenters. The van der Waals surface area contributed by atoms with Crippen LogP contribution in [0.4, 0.5) is 5.69 Å². The summed E-state index contributed by atoms with van der Waals surface area (Å²) in [4.78, 5) is 29.6. The summed E-state index contributed by atoms with van der Waals surface area (Å²) >= 11 is 0. The third kappa shape index (κ3) is 4.44. The van der Waals surface area contributed by atoms with Gasteiger partial charge in [0.25, 0.3) is 5.91 Å². The molecule has 1 fully saturated rings. The smallest absolute Gasteiger partial charge is 0.277 e. The number of carbonyl (C=O) groups is 2. The normalized spacial score (nSPS) is 22.1. The molecule has 2 amide bonds. The summed E-state index contributed by atoms with van der Waals surface area (Å²) in [6.07, 6.45) is 6.73. The van der Waals surface area contributed by atoms with Gasteiger partial charge in [0.2, 0.25) is 5.91 Å². The second-order valence-electron chi connectivity index (χ2n) is 11.2. The average molecular weight is 451 g/mol. The van der Waals surface area contributed by atoms with E-state index in [9.17, 15) is 9.59 Å². The first-order valence-electron chi connectivity index (χ1n) is 12.3. The van der Waals surface area contributed by atoms with Crippen LogP contribution in [0, 0.1) is 13.8 Å². The molecule has 0 unspecified atom stereocenters. The number of nitrogens with one attached hydrogen (secondary N) is 1. The quantitative estimate of drug-likeness (QED) is 0.665. The van der Waals surface area contributed by atoms with Crippen LogP contribution >= 0.6 is 0 Å². The van der Waals surface area contributed by atoms with E-state index < -0.39 is 5.54 Å². The largest absolute Gasteiger partial charge is 0.351 e. The number of nitrogens with zero attached hydrogens (tertiary/aromatic N) is 3. The molecule has 4 rings (SSSR count). The average Bonchev–Trinajstić information content (AvgIpc) is 3.01. The summed E-state index contributed by atoms with van der Waals surface area (Å²) < 4.78 is 1.75. The van der Waals surface area contributed by atoms with Crippen LogP contribution in [-0.4, -0.2) is 33.2 Å². The standard InChI is InChI=1S/C27H38N4O2/c1-18-13-14-19(2)21(15-18)31-24(32)22-16-23(26(3,4)5)29-30(22)17-27(31,6)25(33)28-20-11-9-7-8-10-12-20/h13-16,20H,7-12,17H2,1-6H3,(H,28,33)/t27-/m1/s1. The Morgan fingerprint density at radius 1 is 1.09 bits per heavy atom.